The van der Waals surface area contributed by atoms with E-state index in [1.807, 2.05) is 12.1 Å². The monoisotopic (exact) mass is 365 g/mol. The number of hydrogen-bond donors (Lipinski definition) is 2. The zero-order valence-corrected chi connectivity index (χ0v) is 15.1. The van der Waals surface area contributed by atoms with Crippen LogP contribution in [0.25, 0.3) is 21.6 Å². The lowest BCUT2D eigenvalue weighted by molar-refractivity contribution is -0.119. The number of aromatic nitrogens is 3. The van der Waals surface area contributed by atoms with Crippen molar-refractivity contribution in [2.75, 3.05) is 11.9 Å². The molecule has 6 nitrogen and oxygen atoms in total. The lowest BCUT2D eigenvalue weighted by Crippen LogP contribution is -2.31. The van der Waals surface area contributed by atoms with Crippen molar-refractivity contribution in [2.45, 2.75) is 38.1 Å². The van der Waals surface area contributed by atoms with Gasteiger partial charge in [-0.05, 0) is 49.8 Å². The van der Waals surface area contributed by atoms with Crippen LogP contribution in [0.15, 0.2) is 24.5 Å². The second kappa shape index (κ2) is 6.32. The highest BCUT2D eigenvalue weighted by atomic mass is 32.1. The van der Waals surface area contributed by atoms with Crippen LogP contribution in [-0.2, 0) is 17.6 Å². The number of thiophene rings is 1. The number of hydrogen-bond acceptors (Lipinski definition) is 6. The van der Waals surface area contributed by atoms with Crippen LogP contribution in [0.2, 0.25) is 0 Å². The molecule has 0 bridgehead atoms. The first-order valence-corrected chi connectivity index (χ1v) is 9.85. The Kier molecular flexibility index (Phi) is 3.81. The molecule has 1 fully saturated rings. The number of nitrogens with zero attached hydrogens (tertiary/aromatic N) is 3. The van der Waals surface area contributed by atoms with E-state index in [1.165, 1.54) is 16.9 Å². The van der Waals surface area contributed by atoms with Gasteiger partial charge in [0.05, 0.1) is 11.9 Å². The predicted octanol–water partition coefficient (Wildman–Crippen LogP) is 2.93. The number of fused-ring (bicyclic) bond motifs is 3. The quantitative estimate of drug-likeness (QED) is 0.727. The summed E-state index contributed by atoms with van der Waals surface area (Å²) in [7, 11) is 0. The molecule has 132 valence electrons. The summed E-state index contributed by atoms with van der Waals surface area (Å²) in [5, 5.41) is 7.37. The van der Waals surface area contributed by atoms with Crippen LogP contribution in [0.3, 0.4) is 0 Å². The van der Waals surface area contributed by atoms with Gasteiger partial charge >= 0.3 is 0 Å². The molecule has 0 saturated heterocycles. The van der Waals surface area contributed by atoms with Crippen molar-refractivity contribution in [3.8, 4) is 11.4 Å². The normalized spacial score (nSPS) is 15.8. The molecular formula is C19H19N5OS. The molecule has 0 aromatic carbocycles. The molecule has 1 amide bonds. The molecule has 2 aliphatic carbocycles. The van der Waals surface area contributed by atoms with Crippen LogP contribution in [-0.4, -0.2) is 33.4 Å². The predicted molar refractivity (Wildman–Crippen MR) is 102 cm³/mol. The average molecular weight is 365 g/mol. The van der Waals surface area contributed by atoms with E-state index in [0.29, 0.717) is 11.9 Å². The summed E-state index contributed by atoms with van der Waals surface area (Å²) in [6, 6.07) is 4.21. The zero-order valence-electron chi connectivity index (χ0n) is 14.3. The maximum absolute atomic E-state index is 12.1. The number of carbonyl (C=O) groups is 1. The van der Waals surface area contributed by atoms with Gasteiger partial charge in [-0.15, -0.1) is 11.3 Å². The van der Waals surface area contributed by atoms with E-state index in [1.54, 1.807) is 23.7 Å². The Labute approximate surface area is 155 Å². The van der Waals surface area contributed by atoms with Gasteiger partial charge in [-0.25, -0.2) is 9.97 Å². The van der Waals surface area contributed by atoms with Crippen LogP contribution < -0.4 is 10.6 Å². The summed E-state index contributed by atoms with van der Waals surface area (Å²) < 4.78 is 0. The maximum Gasteiger partial charge on any atom is 0.239 e. The first-order valence-electron chi connectivity index (χ1n) is 9.04. The standard InChI is InChI=1S/C19H19N5OS/c25-15(22-12-6-7-12)10-21-18-16-13-4-1-5-14(13)26-19(16)24-17(23-18)11-3-2-8-20-9-11/h2-3,8-9,12H,1,4-7,10H2,(H,22,25)(H,21,23,24). The highest BCUT2D eigenvalue weighted by molar-refractivity contribution is 7.19. The van der Waals surface area contributed by atoms with Gasteiger partial charge in [0.15, 0.2) is 5.82 Å². The molecular weight excluding hydrogens is 346 g/mol. The maximum atomic E-state index is 12.1. The number of amides is 1. The van der Waals surface area contributed by atoms with Crippen LogP contribution in [0, 0.1) is 0 Å². The van der Waals surface area contributed by atoms with Crippen LogP contribution in [0.1, 0.15) is 29.7 Å². The average Bonchev–Trinajstić information content (AvgIpc) is 3.23. The number of carbonyl (C=O) groups excluding carboxylic acids is 1. The van der Waals surface area contributed by atoms with Crippen molar-refractivity contribution in [1.82, 2.24) is 20.3 Å². The summed E-state index contributed by atoms with van der Waals surface area (Å²) in [6.07, 6.45) is 9.05. The fourth-order valence-corrected chi connectivity index (χ4v) is 4.68. The summed E-state index contributed by atoms with van der Waals surface area (Å²) in [5.41, 5.74) is 2.24. The Hall–Kier alpha value is -2.54. The van der Waals surface area contributed by atoms with Crippen molar-refractivity contribution in [2.24, 2.45) is 0 Å². The number of nitrogens with one attached hydrogen (secondary N) is 2. The lowest BCUT2D eigenvalue weighted by atomic mass is 10.2. The van der Waals surface area contributed by atoms with E-state index >= 15 is 0 Å². The van der Waals surface area contributed by atoms with Gasteiger partial charge < -0.3 is 10.6 Å². The minimum absolute atomic E-state index is 0.0223. The topological polar surface area (TPSA) is 79.8 Å². The highest BCUT2D eigenvalue weighted by Crippen LogP contribution is 2.40. The molecule has 0 aliphatic heterocycles. The van der Waals surface area contributed by atoms with E-state index in [9.17, 15) is 4.79 Å². The molecule has 3 aromatic heterocycles. The summed E-state index contributed by atoms with van der Waals surface area (Å²) in [6.45, 7) is 0.236. The van der Waals surface area contributed by atoms with Crippen molar-refractivity contribution < 1.29 is 4.79 Å². The van der Waals surface area contributed by atoms with Gasteiger partial charge in [0.1, 0.15) is 10.6 Å². The van der Waals surface area contributed by atoms with E-state index in [4.69, 9.17) is 9.97 Å². The fourth-order valence-electron chi connectivity index (χ4n) is 3.42. The van der Waals surface area contributed by atoms with Crippen molar-refractivity contribution in [3.05, 3.63) is 35.0 Å². The number of aryl methyl sites for hydroxylation is 2. The molecule has 2 N–H and O–H groups in total. The minimum atomic E-state index is 0.0223. The second-order valence-corrected chi connectivity index (χ2v) is 7.95. The Morgan fingerprint density at radius 3 is 3.00 bits per heavy atom. The molecule has 3 heterocycles. The molecule has 3 aromatic rings. The molecule has 7 heteroatoms. The largest absolute Gasteiger partial charge is 0.360 e. The van der Waals surface area contributed by atoms with E-state index in [0.717, 1.165) is 47.3 Å². The SMILES string of the molecule is O=C(CNc1nc(-c2cccnc2)nc2sc3c(c12)CCC3)NC1CC1. The Balaban J connectivity index is 1.53. The third-order valence-corrected chi connectivity index (χ3v) is 6.03. The third kappa shape index (κ3) is 2.92. The minimum Gasteiger partial charge on any atom is -0.360 e. The fraction of sp³-hybridized carbons (Fsp3) is 0.368. The van der Waals surface area contributed by atoms with Gasteiger partial charge in [0.2, 0.25) is 5.91 Å². The smallest absolute Gasteiger partial charge is 0.239 e. The molecule has 2 aliphatic rings. The van der Waals surface area contributed by atoms with Gasteiger partial charge in [0, 0.05) is 28.9 Å². The van der Waals surface area contributed by atoms with Crippen molar-refractivity contribution in [1.29, 1.82) is 0 Å². The van der Waals surface area contributed by atoms with Crippen LogP contribution in [0.5, 0.6) is 0 Å². The molecule has 0 unspecified atom stereocenters. The number of anilines is 1. The third-order valence-electron chi connectivity index (χ3n) is 4.84. The molecule has 0 atom stereocenters. The summed E-state index contributed by atoms with van der Waals surface area (Å²) >= 11 is 1.75. The molecule has 5 rings (SSSR count). The van der Waals surface area contributed by atoms with Crippen LogP contribution >= 0.6 is 11.3 Å². The van der Waals surface area contributed by atoms with E-state index < -0.39 is 0 Å². The summed E-state index contributed by atoms with van der Waals surface area (Å²) in [4.78, 5) is 28.2. The molecule has 1 saturated carbocycles. The molecule has 0 radical (unpaired) electrons. The van der Waals surface area contributed by atoms with Crippen molar-refractivity contribution in [3.63, 3.8) is 0 Å². The highest BCUT2D eigenvalue weighted by Gasteiger charge is 2.25. The Morgan fingerprint density at radius 1 is 1.27 bits per heavy atom. The zero-order chi connectivity index (χ0) is 17.5. The number of pyridine rings is 1. The van der Waals surface area contributed by atoms with Gasteiger partial charge in [-0.3, -0.25) is 9.78 Å². The van der Waals surface area contributed by atoms with E-state index in [-0.39, 0.29) is 12.5 Å². The molecule has 26 heavy (non-hydrogen) atoms. The van der Waals surface area contributed by atoms with Gasteiger partial charge in [-0.2, -0.15) is 0 Å². The van der Waals surface area contributed by atoms with E-state index in [2.05, 4.69) is 15.6 Å². The number of rotatable bonds is 5. The Morgan fingerprint density at radius 2 is 2.19 bits per heavy atom. The lowest BCUT2D eigenvalue weighted by Gasteiger charge is -2.10. The van der Waals surface area contributed by atoms with Gasteiger partial charge in [0.25, 0.3) is 0 Å². The second-order valence-electron chi connectivity index (χ2n) is 6.87. The first kappa shape index (κ1) is 15.7. The van der Waals surface area contributed by atoms with Gasteiger partial charge in [-0.1, -0.05) is 0 Å². The molecule has 0 spiro atoms. The van der Waals surface area contributed by atoms with Crippen LogP contribution in [0.4, 0.5) is 5.82 Å². The Bertz CT molecular complexity index is 981. The summed E-state index contributed by atoms with van der Waals surface area (Å²) in [5.74, 6) is 1.43. The van der Waals surface area contributed by atoms with Crippen molar-refractivity contribution >= 4 is 33.3 Å². The first-order chi connectivity index (χ1) is 12.8.